The van der Waals surface area contributed by atoms with Crippen LogP contribution in [-0.2, 0) is 5.41 Å². The summed E-state index contributed by atoms with van der Waals surface area (Å²) in [4.78, 5) is 0.441. The Morgan fingerprint density at radius 1 is 0.444 bits per heavy atom. The number of anilines is 3. The summed E-state index contributed by atoms with van der Waals surface area (Å²) < 4.78 is 276. The lowest BCUT2D eigenvalue weighted by molar-refractivity contribution is 0.660. The largest absolute Gasteiger partial charge is 0.310 e. The fraction of sp³-hybridized carbons (Fsp3) is 0.0566. The molecule has 0 saturated carbocycles. The molecule has 0 N–H and O–H groups in total. The molecule has 0 spiro atoms. The lowest BCUT2D eigenvalue weighted by Crippen LogP contribution is -2.17. The molecule has 54 heavy (non-hydrogen) atoms. The highest BCUT2D eigenvalue weighted by Gasteiger charge is 2.36. The lowest BCUT2D eigenvalue weighted by atomic mass is 9.82. The van der Waals surface area contributed by atoms with Gasteiger partial charge in [0, 0.05) is 30.6 Å². The fourth-order valence-electron chi connectivity index (χ4n) is 6.75. The molecule has 256 valence electrons. The highest BCUT2D eigenvalue weighted by atomic mass is 15.1. The van der Waals surface area contributed by atoms with Gasteiger partial charge >= 0.3 is 0 Å². The number of benzene rings is 9. The second-order valence-electron chi connectivity index (χ2n) is 12.2. The van der Waals surface area contributed by atoms with Crippen LogP contribution >= 0.6 is 0 Å². The highest BCUT2D eigenvalue weighted by molar-refractivity contribution is 6.16. The van der Waals surface area contributed by atoms with Gasteiger partial charge in [-0.1, -0.05) is 177 Å². The number of hydrogen-bond donors (Lipinski definition) is 0. The van der Waals surface area contributed by atoms with E-state index in [1.807, 2.05) is 0 Å². The van der Waals surface area contributed by atoms with Gasteiger partial charge < -0.3 is 4.90 Å². The maximum absolute atomic E-state index is 10.4. The van der Waals surface area contributed by atoms with Crippen molar-refractivity contribution in [2.24, 2.45) is 0 Å². The third-order valence-electron chi connectivity index (χ3n) is 9.13. The summed E-state index contributed by atoms with van der Waals surface area (Å²) in [6, 6.07) is -12.3. The Morgan fingerprint density at radius 2 is 1.09 bits per heavy atom. The Bertz CT molecular complexity index is 4360. The summed E-state index contributed by atoms with van der Waals surface area (Å²) in [5.74, 6) is 0. The van der Waals surface area contributed by atoms with Crippen molar-refractivity contribution in [3.05, 3.63) is 211 Å². The van der Waals surface area contributed by atoms with Gasteiger partial charge in [-0.3, -0.25) is 0 Å². The first kappa shape index (κ1) is 13.6. The quantitative estimate of drug-likeness (QED) is 0.155. The van der Waals surface area contributed by atoms with Gasteiger partial charge in [-0.2, -0.15) is 0 Å². The number of rotatable bonds is 6. The minimum Gasteiger partial charge on any atom is -0.310 e. The molecule has 9 aromatic carbocycles. The van der Waals surface area contributed by atoms with Crippen LogP contribution in [-0.4, -0.2) is 0 Å². The lowest BCUT2D eigenvalue weighted by Gasteiger charge is -2.31. The molecule has 0 unspecified atom stereocenters. The van der Waals surface area contributed by atoms with Crippen LogP contribution in [0.25, 0.3) is 66.1 Å². The first-order chi connectivity index (χ1) is 39.0. The van der Waals surface area contributed by atoms with Crippen LogP contribution in [0.15, 0.2) is 200 Å². The SMILES string of the molecule is [2H]c1cc2c(c([2H])c1N(c1c([2H])c([2H])c(-c3c([2H])c([2H])c([2H])c([2H])c3[2H])c([2H])c1[2H])c1c([2H])c([2H])c([2H])c(-c3c([2H])c([2H])c([2H])c([2H])c3[2H])c1-c1c([2H])c3ccccc3c3ccccc13)C(C([2H])([2H])[2H])(C([2H])([2H])[2H])c1c([2H])c([2H])c([2H])c([2H])c1-2. The van der Waals surface area contributed by atoms with Gasteiger partial charge in [0.2, 0.25) is 0 Å². The van der Waals surface area contributed by atoms with Crippen LogP contribution in [0.1, 0.15) is 66.0 Å². The Kier molecular flexibility index (Phi) is 3.22. The minimum absolute atomic E-state index is 0.0393. The highest BCUT2D eigenvalue weighted by Crippen LogP contribution is 2.53. The summed E-state index contributed by atoms with van der Waals surface area (Å²) in [5, 5.41) is 0.898. The Balaban J connectivity index is 1.55. The first-order valence-corrected chi connectivity index (χ1v) is 16.4. The number of fused-ring (bicyclic) bond motifs is 6. The Labute approximate surface area is 359 Å². The van der Waals surface area contributed by atoms with Crippen LogP contribution < -0.4 is 4.90 Å². The summed E-state index contributed by atoms with van der Waals surface area (Å²) in [6.07, 6.45) is 0. The Morgan fingerprint density at radius 3 is 1.87 bits per heavy atom. The molecule has 9 aromatic rings. The van der Waals surface area contributed by atoms with Crippen LogP contribution in [0.5, 0.6) is 0 Å². The van der Waals surface area contributed by atoms with Gasteiger partial charge in [0.1, 0.15) is 0 Å². The van der Waals surface area contributed by atoms with Crippen LogP contribution in [0.2, 0.25) is 0 Å². The normalized spacial score (nSPS) is 21.1. The fourth-order valence-corrected chi connectivity index (χ4v) is 6.75. The van der Waals surface area contributed by atoms with Crippen molar-refractivity contribution in [2.75, 3.05) is 4.90 Å². The molecule has 0 aliphatic heterocycles. The van der Waals surface area contributed by atoms with Gasteiger partial charge in [-0.05, 0) is 108 Å². The first-order valence-electron chi connectivity index (χ1n) is 31.4. The Hall–Kier alpha value is -6.70. The zero-order chi connectivity index (χ0) is 62.1. The second kappa shape index (κ2) is 12.8. The molecule has 1 aliphatic rings. The topological polar surface area (TPSA) is 3.24 Å². The van der Waals surface area contributed by atoms with Crippen LogP contribution in [0.3, 0.4) is 0 Å². The molecular weight excluding hydrogens is 651 g/mol. The third kappa shape index (κ3) is 5.16. The summed E-state index contributed by atoms with van der Waals surface area (Å²) in [7, 11) is 0. The molecule has 0 heterocycles. The van der Waals surface area contributed by atoms with E-state index in [1.165, 1.54) is 18.2 Å². The van der Waals surface area contributed by atoms with E-state index in [4.69, 9.17) is 24.7 Å². The molecule has 0 amide bonds. The molecule has 0 atom stereocenters. The van der Waals surface area contributed by atoms with Crippen molar-refractivity contribution in [3.63, 3.8) is 0 Å². The average molecular weight is 720 g/mol. The van der Waals surface area contributed by atoms with Crippen molar-refractivity contribution < 1.29 is 41.1 Å². The van der Waals surface area contributed by atoms with E-state index in [0.29, 0.717) is 21.7 Å². The van der Waals surface area contributed by atoms with E-state index >= 15 is 0 Å². The summed E-state index contributed by atoms with van der Waals surface area (Å²) in [6.45, 7) is -7.89. The second-order valence-corrected chi connectivity index (χ2v) is 12.2. The molecule has 1 nitrogen and oxygen atoms in total. The van der Waals surface area contributed by atoms with E-state index in [-0.39, 0.29) is 10.8 Å². The standard InChI is InChI=1S/C53H39N/c1-53(2)49-26-14-13-24-46(49)47-33-32-41(35-50(47)53)54(40-30-28-37(29-31-40)36-16-5-3-6-17-36)51-27-15-25-43(38-18-7-4-8-19-38)52(51)48-34-39-20-9-10-21-42(39)44-22-11-12-23-45(44)48/h3-35H,1-2H3/i1D3,2D3,3D,4D,5D,6D,7D,8D,13D,14D,15D,16D,17D,18D,19D,24D,25D,26D,27D,28D,29D,30D,31D,32D,34D,35D. The minimum atomic E-state index is -3.95. The molecule has 0 bridgehead atoms. The van der Waals surface area contributed by atoms with Crippen LogP contribution in [0, 0.1) is 0 Å². The van der Waals surface area contributed by atoms with Crippen molar-refractivity contribution in [1.29, 1.82) is 0 Å². The average Bonchev–Trinajstić information content (AvgIpc) is 1.54. The molecule has 0 aromatic heterocycles. The predicted octanol–water partition coefficient (Wildman–Crippen LogP) is 14.8. The van der Waals surface area contributed by atoms with Gasteiger partial charge in [-0.25, -0.2) is 0 Å². The predicted molar refractivity (Wildman–Crippen MR) is 230 cm³/mol. The molecule has 10 rings (SSSR count). The van der Waals surface area contributed by atoms with Crippen molar-refractivity contribution in [3.8, 4) is 44.5 Å². The van der Waals surface area contributed by atoms with Crippen LogP contribution in [0.4, 0.5) is 17.1 Å². The van der Waals surface area contributed by atoms with E-state index in [9.17, 15) is 16.4 Å². The molecule has 0 radical (unpaired) electrons. The molecular formula is C53H39N. The zero-order valence-electron chi connectivity index (χ0n) is 57.6. The van der Waals surface area contributed by atoms with E-state index in [0.717, 1.165) is 0 Å². The van der Waals surface area contributed by atoms with E-state index in [2.05, 4.69) is 0 Å². The van der Waals surface area contributed by atoms with Crippen molar-refractivity contribution in [1.82, 2.24) is 0 Å². The maximum Gasteiger partial charge on any atom is 0.0648 e. The van der Waals surface area contributed by atoms with Gasteiger partial charge in [-0.15, -0.1) is 0 Å². The van der Waals surface area contributed by atoms with Gasteiger partial charge in [0.15, 0.2) is 0 Å². The third-order valence-corrected chi connectivity index (χ3v) is 9.13. The summed E-state index contributed by atoms with van der Waals surface area (Å²) in [5.41, 5.74) is -15.3. The molecule has 0 saturated heterocycles. The van der Waals surface area contributed by atoms with Crippen molar-refractivity contribution >= 4 is 38.6 Å². The van der Waals surface area contributed by atoms with Crippen molar-refractivity contribution in [2.45, 2.75) is 19.1 Å². The number of hydrogen-bond acceptors (Lipinski definition) is 1. The van der Waals surface area contributed by atoms with Gasteiger partial charge in [0.25, 0.3) is 0 Å². The monoisotopic (exact) mass is 719 g/mol. The molecule has 1 aliphatic carbocycles. The molecule has 1 heteroatoms. The smallest absolute Gasteiger partial charge is 0.0648 e. The summed E-state index contributed by atoms with van der Waals surface area (Å²) >= 11 is 0. The van der Waals surface area contributed by atoms with Gasteiger partial charge in [0.05, 0.1) is 38.6 Å². The zero-order valence-corrected chi connectivity index (χ0v) is 27.6. The maximum atomic E-state index is 10.4. The van der Waals surface area contributed by atoms with E-state index in [1.54, 1.807) is 30.3 Å². The number of nitrogens with zero attached hydrogens (tertiary/aromatic N) is 1. The molecule has 0 fully saturated rings. The van der Waals surface area contributed by atoms with E-state index < -0.39 is 237 Å².